The summed E-state index contributed by atoms with van der Waals surface area (Å²) in [4.78, 5) is 2.18. The average molecular weight is 286 g/mol. The first-order chi connectivity index (χ1) is 8.37. The van der Waals surface area contributed by atoms with Crippen molar-refractivity contribution in [3.8, 4) is 0 Å². The highest BCUT2D eigenvalue weighted by atomic mass is 32.2. The molecule has 0 radical (unpaired) electrons. The number of thiocarbonyl (C=S) groups is 1. The first kappa shape index (κ1) is 14.9. The smallest absolute Gasteiger partial charge is 0.151 e. The fraction of sp³-hybridized carbons (Fsp3) is 0.417. The minimum Gasteiger partial charge on any atom is -0.389 e. The highest BCUT2D eigenvalue weighted by molar-refractivity contribution is 7.91. The van der Waals surface area contributed by atoms with E-state index >= 15 is 0 Å². The largest absolute Gasteiger partial charge is 0.389 e. The zero-order valence-corrected chi connectivity index (χ0v) is 12.2. The number of rotatable bonds is 6. The number of anilines is 1. The molecule has 18 heavy (non-hydrogen) atoms. The van der Waals surface area contributed by atoms with Crippen molar-refractivity contribution < 1.29 is 8.42 Å². The third-order valence-electron chi connectivity index (χ3n) is 2.76. The van der Waals surface area contributed by atoms with Gasteiger partial charge in [-0.3, -0.25) is 0 Å². The fourth-order valence-corrected chi connectivity index (χ4v) is 2.57. The zero-order valence-electron chi connectivity index (χ0n) is 10.6. The zero-order chi connectivity index (χ0) is 13.8. The topological polar surface area (TPSA) is 63.4 Å². The van der Waals surface area contributed by atoms with Crippen LogP contribution < -0.4 is 10.6 Å². The van der Waals surface area contributed by atoms with Crippen LogP contribution in [0.1, 0.15) is 12.5 Å². The molecule has 0 aliphatic heterocycles. The first-order valence-corrected chi connectivity index (χ1v) is 7.90. The van der Waals surface area contributed by atoms with Gasteiger partial charge in [-0.1, -0.05) is 31.3 Å². The van der Waals surface area contributed by atoms with Crippen LogP contribution in [0.25, 0.3) is 0 Å². The third-order valence-corrected chi connectivity index (χ3v) is 4.66. The molecule has 1 rings (SSSR count). The second kappa shape index (κ2) is 6.15. The van der Waals surface area contributed by atoms with Gasteiger partial charge in [-0.15, -0.1) is 0 Å². The van der Waals surface area contributed by atoms with Crippen LogP contribution in [0.3, 0.4) is 0 Å². The number of nitrogens with zero attached hydrogens (tertiary/aromatic N) is 1. The fourth-order valence-electron chi connectivity index (χ4n) is 1.56. The molecule has 0 unspecified atom stereocenters. The molecule has 0 atom stereocenters. The average Bonchev–Trinajstić information content (AvgIpc) is 2.36. The Bertz CT molecular complexity index is 527. The molecule has 0 saturated heterocycles. The van der Waals surface area contributed by atoms with Crippen LogP contribution in [-0.2, 0) is 9.84 Å². The van der Waals surface area contributed by atoms with Crippen LogP contribution in [-0.4, -0.2) is 38.5 Å². The Morgan fingerprint density at radius 2 is 2.00 bits per heavy atom. The molecule has 100 valence electrons. The normalized spacial score (nSPS) is 11.2. The van der Waals surface area contributed by atoms with Crippen LogP contribution in [0.15, 0.2) is 24.3 Å². The Kier molecular flexibility index (Phi) is 5.10. The molecule has 0 aromatic heterocycles. The number of nitrogens with two attached hydrogens (primary N) is 1. The maximum absolute atomic E-state index is 11.5. The predicted octanol–water partition coefficient (Wildman–Crippen LogP) is 1.19. The van der Waals surface area contributed by atoms with Gasteiger partial charge in [-0.05, 0) is 12.1 Å². The lowest BCUT2D eigenvalue weighted by atomic mass is 10.1. The molecule has 4 nitrogen and oxygen atoms in total. The molecule has 1 aromatic rings. The van der Waals surface area contributed by atoms with E-state index in [0.717, 1.165) is 11.3 Å². The van der Waals surface area contributed by atoms with Crippen LogP contribution in [0.2, 0.25) is 0 Å². The summed E-state index contributed by atoms with van der Waals surface area (Å²) in [5, 5.41) is 0. The van der Waals surface area contributed by atoms with Gasteiger partial charge in [-0.2, -0.15) is 0 Å². The molecule has 6 heteroatoms. The lowest BCUT2D eigenvalue weighted by Gasteiger charge is -2.21. The Hall–Kier alpha value is -1.14. The molecule has 0 bridgehead atoms. The summed E-state index contributed by atoms with van der Waals surface area (Å²) in [6, 6.07) is 7.45. The summed E-state index contributed by atoms with van der Waals surface area (Å²) in [5.41, 5.74) is 7.27. The van der Waals surface area contributed by atoms with Crippen LogP contribution in [0.5, 0.6) is 0 Å². The van der Waals surface area contributed by atoms with E-state index in [0.29, 0.717) is 11.5 Å². The number of hydrogen-bond acceptors (Lipinski definition) is 4. The minimum absolute atomic E-state index is 0.131. The van der Waals surface area contributed by atoms with E-state index in [1.165, 1.54) is 0 Å². The number of benzene rings is 1. The predicted molar refractivity (Wildman–Crippen MR) is 79.9 cm³/mol. The van der Waals surface area contributed by atoms with Gasteiger partial charge < -0.3 is 10.6 Å². The second-order valence-electron chi connectivity index (χ2n) is 4.04. The standard InChI is InChI=1S/C12H18N2O2S2/c1-3-18(15,16)9-8-14(2)11-7-5-4-6-10(11)12(13)17/h4-7H,3,8-9H2,1-2H3,(H2,13,17). The quantitative estimate of drug-likeness (QED) is 0.796. The van der Waals surface area contributed by atoms with Crippen molar-refractivity contribution in [2.24, 2.45) is 5.73 Å². The Morgan fingerprint density at radius 3 is 2.56 bits per heavy atom. The monoisotopic (exact) mass is 286 g/mol. The molecule has 1 aromatic carbocycles. The van der Waals surface area contributed by atoms with Gasteiger partial charge >= 0.3 is 0 Å². The van der Waals surface area contributed by atoms with Gasteiger partial charge in [0.05, 0.1) is 5.75 Å². The van der Waals surface area contributed by atoms with Gasteiger partial charge in [0.1, 0.15) is 4.99 Å². The molecule has 0 aliphatic carbocycles. The molecule has 2 N–H and O–H groups in total. The number of sulfone groups is 1. The summed E-state index contributed by atoms with van der Waals surface area (Å²) in [6.07, 6.45) is 0. The molecular weight excluding hydrogens is 268 g/mol. The molecule has 0 aliphatic rings. The van der Waals surface area contributed by atoms with Crippen molar-refractivity contribution in [3.05, 3.63) is 29.8 Å². The summed E-state index contributed by atoms with van der Waals surface area (Å²) in [6.45, 7) is 2.08. The van der Waals surface area contributed by atoms with Crippen molar-refractivity contribution in [1.29, 1.82) is 0 Å². The molecule has 0 heterocycles. The summed E-state index contributed by atoms with van der Waals surface area (Å²) >= 11 is 4.98. The molecule has 0 fully saturated rings. The summed E-state index contributed by atoms with van der Waals surface area (Å²) in [7, 11) is -1.13. The molecule has 0 spiro atoms. The Balaban J connectivity index is 2.85. The molecule has 0 saturated carbocycles. The van der Waals surface area contributed by atoms with Gasteiger partial charge in [-0.25, -0.2) is 8.42 Å². The van der Waals surface area contributed by atoms with E-state index in [1.54, 1.807) is 6.92 Å². The van der Waals surface area contributed by atoms with E-state index < -0.39 is 9.84 Å². The van der Waals surface area contributed by atoms with Crippen molar-refractivity contribution in [2.45, 2.75) is 6.92 Å². The van der Waals surface area contributed by atoms with E-state index in [2.05, 4.69) is 0 Å². The van der Waals surface area contributed by atoms with Crippen molar-refractivity contribution in [3.63, 3.8) is 0 Å². The van der Waals surface area contributed by atoms with Crippen molar-refractivity contribution in [2.75, 3.05) is 30.0 Å². The van der Waals surface area contributed by atoms with Gasteiger partial charge in [0.15, 0.2) is 9.84 Å². The second-order valence-corrected chi connectivity index (χ2v) is 6.95. The molecule has 0 amide bonds. The highest BCUT2D eigenvalue weighted by Gasteiger charge is 2.12. The van der Waals surface area contributed by atoms with Crippen LogP contribution >= 0.6 is 12.2 Å². The number of hydrogen-bond donors (Lipinski definition) is 1. The number of para-hydroxylation sites is 1. The van der Waals surface area contributed by atoms with E-state index in [1.807, 2.05) is 36.2 Å². The Morgan fingerprint density at radius 1 is 1.39 bits per heavy atom. The summed E-state index contributed by atoms with van der Waals surface area (Å²) < 4.78 is 23.0. The van der Waals surface area contributed by atoms with Crippen molar-refractivity contribution >= 4 is 32.7 Å². The maximum atomic E-state index is 11.5. The van der Waals surface area contributed by atoms with Gasteiger partial charge in [0.25, 0.3) is 0 Å². The SMILES string of the molecule is CCS(=O)(=O)CCN(C)c1ccccc1C(N)=S. The minimum atomic E-state index is -2.96. The van der Waals surface area contributed by atoms with E-state index in [9.17, 15) is 8.42 Å². The van der Waals surface area contributed by atoms with Crippen molar-refractivity contribution in [1.82, 2.24) is 0 Å². The molecular formula is C12H18N2O2S2. The van der Waals surface area contributed by atoms with Gasteiger partial charge in [0.2, 0.25) is 0 Å². The van der Waals surface area contributed by atoms with Gasteiger partial charge in [0, 0.05) is 30.6 Å². The van der Waals surface area contributed by atoms with Crippen LogP contribution in [0, 0.1) is 0 Å². The summed E-state index contributed by atoms with van der Waals surface area (Å²) in [5.74, 6) is 0.295. The third kappa shape index (κ3) is 3.96. The highest BCUT2D eigenvalue weighted by Crippen LogP contribution is 2.18. The first-order valence-electron chi connectivity index (χ1n) is 5.67. The van der Waals surface area contributed by atoms with E-state index in [4.69, 9.17) is 18.0 Å². The lowest BCUT2D eigenvalue weighted by Crippen LogP contribution is -2.28. The van der Waals surface area contributed by atoms with Crippen LogP contribution in [0.4, 0.5) is 5.69 Å². The maximum Gasteiger partial charge on any atom is 0.151 e. The Labute approximate surface area is 114 Å². The lowest BCUT2D eigenvalue weighted by molar-refractivity contribution is 0.596. The van der Waals surface area contributed by atoms with E-state index in [-0.39, 0.29) is 11.5 Å².